The fourth-order valence-electron chi connectivity index (χ4n) is 1.48. The number of halogens is 1. The van der Waals surface area contributed by atoms with E-state index in [1.165, 1.54) is 4.57 Å². The maximum atomic E-state index is 11.9. The molecule has 5 heteroatoms. The van der Waals surface area contributed by atoms with Crippen LogP contribution in [0.4, 0.5) is 0 Å². The third-order valence-corrected chi connectivity index (χ3v) is 3.35. The van der Waals surface area contributed by atoms with Crippen molar-refractivity contribution < 1.29 is 9.53 Å². The van der Waals surface area contributed by atoms with Crippen molar-refractivity contribution in [2.24, 2.45) is 0 Å². The third kappa shape index (κ3) is 3.45. The Hall–Kier alpha value is -1.10. The van der Waals surface area contributed by atoms with Crippen LogP contribution in [0.3, 0.4) is 0 Å². The van der Waals surface area contributed by atoms with Crippen LogP contribution in [0.15, 0.2) is 21.5 Å². The SMILES string of the molecule is CCC(C)OC(=O)C(C)n1cc(C)cc(Br)c1=O. The van der Waals surface area contributed by atoms with Crippen molar-refractivity contribution in [1.29, 1.82) is 0 Å². The van der Waals surface area contributed by atoms with E-state index in [4.69, 9.17) is 4.74 Å². The minimum atomic E-state index is -0.622. The topological polar surface area (TPSA) is 48.3 Å². The molecule has 1 heterocycles. The highest BCUT2D eigenvalue weighted by Crippen LogP contribution is 2.12. The van der Waals surface area contributed by atoms with Crippen molar-refractivity contribution >= 4 is 21.9 Å². The van der Waals surface area contributed by atoms with Gasteiger partial charge < -0.3 is 9.30 Å². The van der Waals surface area contributed by atoms with Crippen LogP contribution in [-0.2, 0) is 9.53 Å². The molecule has 18 heavy (non-hydrogen) atoms. The molecule has 0 N–H and O–H groups in total. The van der Waals surface area contributed by atoms with Gasteiger partial charge in [0.1, 0.15) is 6.04 Å². The highest BCUT2D eigenvalue weighted by Gasteiger charge is 2.20. The highest BCUT2D eigenvalue weighted by molar-refractivity contribution is 9.10. The zero-order valence-electron chi connectivity index (χ0n) is 11.1. The van der Waals surface area contributed by atoms with E-state index in [9.17, 15) is 9.59 Å². The van der Waals surface area contributed by atoms with Crippen LogP contribution < -0.4 is 5.56 Å². The summed E-state index contributed by atoms with van der Waals surface area (Å²) in [7, 11) is 0. The molecule has 0 saturated carbocycles. The standard InChI is InChI=1S/C13H18BrNO3/c1-5-9(3)18-13(17)10(4)15-7-8(2)6-11(14)12(15)16/h6-7,9-10H,5H2,1-4H3. The van der Waals surface area contributed by atoms with Crippen molar-refractivity contribution in [3.63, 3.8) is 0 Å². The molecule has 0 aliphatic carbocycles. The van der Waals surface area contributed by atoms with E-state index in [0.29, 0.717) is 4.47 Å². The first-order chi connectivity index (χ1) is 8.36. The second-order valence-corrected chi connectivity index (χ2v) is 5.26. The molecule has 0 bridgehead atoms. The molecule has 0 spiro atoms. The average Bonchev–Trinajstić information content (AvgIpc) is 2.32. The van der Waals surface area contributed by atoms with Gasteiger partial charge in [0.05, 0.1) is 10.6 Å². The summed E-state index contributed by atoms with van der Waals surface area (Å²) in [5, 5.41) is 0. The Morgan fingerprint density at radius 1 is 1.50 bits per heavy atom. The Kier molecular flexibility index (Phi) is 5.14. The zero-order chi connectivity index (χ0) is 13.9. The van der Waals surface area contributed by atoms with E-state index in [-0.39, 0.29) is 17.6 Å². The third-order valence-electron chi connectivity index (χ3n) is 2.79. The number of hydrogen-bond acceptors (Lipinski definition) is 3. The second kappa shape index (κ2) is 6.18. The van der Waals surface area contributed by atoms with Gasteiger partial charge in [0, 0.05) is 6.20 Å². The second-order valence-electron chi connectivity index (χ2n) is 4.41. The first-order valence-electron chi connectivity index (χ1n) is 5.95. The van der Waals surface area contributed by atoms with Gasteiger partial charge in [-0.25, -0.2) is 4.79 Å². The number of carbonyl (C=O) groups is 1. The van der Waals surface area contributed by atoms with Crippen molar-refractivity contribution in [3.8, 4) is 0 Å². The summed E-state index contributed by atoms with van der Waals surface area (Å²) < 4.78 is 7.08. The summed E-state index contributed by atoms with van der Waals surface area (Å²) in [6.45, 7) is 7.31. The van der Waals surface area contributed by atoms with E-state index in [1.807, 2.05) is 20.8 Å². The normalized spacial score (nSPS) is 14.1. The largest absolute Gasteiger partial charge is 0.461 e. The van der Waals surface area contributed by atoms with Crippen molar-refractivity contribution in [2.45, 2.75) is 46.3 Å². The van der Waals surface area contributed by atoms with Crippen LogP contribution in [-0.4, -0.2) is 16.6 Å². The number of nitrogens with zero attached hydrogens (tertiary/aromatic N) is 1. The molecule has 1 rings (SSSR count). The van der Waals surface area contributed by atoms with E-state index in [2.05, 4.69) is 15.9 Å². The van der Waals surface area contributed by atoms with Crippen molar-refractivity contribution in [1.82, 2.24) is 4.57 Å². The lowest BCUT2D eigenvalue weighted by molar-refractivity contribution is -0.152. The number of carbonyl (C=O) groups excluding carboxylic acids is 1. The van der Waals surface area contributed by atoms with Crippen LogP contribution in [0, 0.1) is 6.92 Å². The lowest BCUT2D eigenvalue weighted by Crippen LogP contribution is -2.31. The molecule has 0 radical (unpaired) electrons. The van der Waals surface area contributed by atoms with E-state index in [0.717, 1.165) is 12.0 Å². The van der Waals surface area contributed by atoms with Crippen molar-refractivity contribution in [2.75, 3.05) is 0 Å². The minimum Gasteiger partial charge on any atom is -0.461 e. The fourth-order valence-corrected chi connectivity index (χ4v) is 2.05. The number of aryl methyl sites for hydroxylation is 1. The van der Waals surface area contributed by atoms with E-state index in [1.54, 1.807) is 19.2 Å². The Balaban J connectivity index is 3.00. The monoisotopic (exact) mass is 315 g/mol. The van der Waals surface area contributed by atoms with E-state index < -0.39 is 6.04 Å². The molecule has 0 amide bonds. The predicted molar refractivity (Wildman–Crippen MR) is 73.7 cm³/mol. The Bertz CT molecular complexity index is 495. The summed E-state index contributed by atoms with van der Waals surface area (Å²) in [5.41, 5.74) is 0.680. The molecule has 2 unspecified atom stereocenters. The number of ether oxygens (including phenoxy) is 1. The average molecular weight is 316 g/mol. The molecule has 2 atom stereocenters. The summed E-state index contributed by atoms with van der Waals surface area (Å²) >= 11 is 3.19. The van der Waals surface area contributed by atoms with E-state index >= 15 is 0 Å². The minimum absolute atomic E-state index is 0.135. The Labute approximate surface area is 115 Å². The molecule has 1 aromatic rings. The molecule has 0 aromatic carbocycles. The van der Waals surface area contributed by atoms with Gasteiger partial charge in [-0.15, -0.1) is 0 Å². The lowest BCUT2D eigenvalue weighted by Gasteiger charge is -2.18. The van der Waals surface area contributed by atoms with Gasteiger partial charge in [-0.3, -0.25) is 4.79 Å². The van der Waals surface area contributed by atoms with Gasteiger partial charge in [-0.1, -0.05) is 6.92 Å². The number of rotatable bonds is 4. The van der Waals surface area contributed by atoms with Crippen LogP contribution in [0.25, 0.3) is 0 Å². The molecule has 0 aliphatic rings. The first-order valence-corrected chi connectivity index (χ1v) is 6.74. The van der Waals surface area contributed by atoms with Crippen LogP contribution in [0.5, 0.6) is 0 Å². The molecule has 0 fully saturated rings. The lowest BCUT2D eigenvalue weighted by atomic mass is 10.2. The zero-order valence-corrected chi connectivity index (χ0v) is 12.7. The van der Waals surface area contributed by atoms with Crippen molar-refractivity contribution in [3.05, 3.63) is 32.7 Å². The molecule has 0 saturated heterocycles. The molecule has 0 aliphatic heterocycles. The molecular formula is C13H18BrNO3. The molecule has 1 aromatic heterocycles. The Morgan fingerprint density at radius 2 is 2.11 bits per heavy atom. The highest BCUT2D eigenvalue weighted by atomic mass is 79.9. The van der Waals surface area contributed by atoms with Gasteiger partial charge in [-0.05, 0) is 54.8 Å². The maximum absolute atomic E-state index is 11.9. The van der Waals surface area contributed by atoms with Gasteiger partial charge in [0.25, 0.3) is 5.56 Å². The summed E-state index contributed by atoms with van der Waals surface area (Å²) in [6, 6.07) is 1.11. The first kappa shape index (κ1) is 15.0. The summed E-state index contributed by atoms with van der Waals surface area (Å²) in [5.74, 6) is -0.385. The molecule has 4 nitrogen and oxygen atoms in total. The quantitative estimate of drug-likeness (QED) is 0.803. The summed E-state index contributed by atoms with van der Waals surface area (Å²) in [4.78, 5) is 23.8. The summed E-state index contributed by atoms with van der Waals surface area (Å²) in [6.07, 6.45) is 2.28. The molecular weight excluding hydrogens is 298 g/mol. The van der Waals surface area contributed by atoms with Crippen LogP contribution >= 0.6 is 15.9 Å². The number of aromatic nitrogens is 1. The van der Waals surface area contributed by atoms with Gasteiger partial charge in [0.2, 0.25) is 0 Å². The van der Waals surface area contributed by atoms with Gasteiger partial charge >= 0.3 is 5.97 Å². The van der Waals surface area contributed by atoms with Gasteiger partial charge in [0.15, 0.2) is 0 Å². The maximum Gasteiger partial charge on any atom is 0.329 e. The number of hydrogen-bond donors (Lipinski definition) is 0. The Morgan fingerprint density at radius 3 is 2.67 bits per heavy atom. The number of esters is 1. The molecule has 100 valence electrons. The fraction of sp³-hybridized carbons (Fsp3) is 0.538. The van der Waals surface area contributed by atoms with Gasteiger partial charge in [-0.2, -0.15) is 0 Å². The van der Waals surface area contributed by atoms with Crippen LogP contribution in [0.2, 0.25) is 0 Å². The number of pyridine rings is 1. The predicted octanol–water partition coefficient (Wildman–Crippen LogP) is 2.82. The smallest absolute Gasteiger partial charge is 0.329 e. The van der Waals surface area contributed by atoms with Crippen LogP contribution in [0.1, 0.15) is 38.8 Å².